The number of rotatable bonds is 5. The van der Waals surface area contributed by atoms with Gasteiger partial charge in [-0.2, -0.15) is 0 Å². The van der Waals surface area contributed by atoms with E-state index in [1.807, 2.05) is 19.1 Å². The maximum atomic E-state index is 12.7. The molecule has 0 aromatic carbocycles. The number of nitrogens with one attached hydrogen (secondary N) is 1. The van der Waals surface area contributed by atoms with E-state index in [4.69, 9.17) is 11.6 Å². The molecule has 5 heteroatoms. The van der Waals surface area contributed by atoms with E-state index in [0.29, 0.717) is 0 Å². The molecule has 0 aliphatic heterocycles. The quantitative estimate of drug-likeness (QED) is 0.903. The van der Waals surface area contributed by atoms with Crippen molar-refractivity contribution in [1.82, 2.24) is 10.3 Å². The van der Waals surface area contributed by atoms with Crippen LogP contribution < -0.4 is 5.32 Å². The zero-order valence-corrected chi connectivity index (χ0v) is 11.6. The molecule has 2 rings (SSSR count). The van der Waals surface area contributed by atoms with Crippen molar-refractivity contribution in [1.29, 1.82) is 0 Å². The molecule has 0 bridgehead atoms. The van der Waals surface area contributed by atoms with E-state index in [1.165, 1.54) is 17.1 Å². The standard InChI is InChI=1S/C13H14ClFN2S/c1-9(12-4-2-10(15)8-17-12)16-7-6-11-3-5-13(14)18-11/h2-5,8-9,16H,6-7H2,1H3. The zero-order chi connectivity index (χ0) is 13.0. The predicted molar refractivity (Wildman–Crippen MR) is 73.6 cm³/mol. The van der Waals surface area contributed by atoms with Crippen LogP contribution in [0.2, 0.25) is 4.34 Å². The van der Waals surface area contributed by atoms with Crippen molar-refractivity contribution in [3.63, 3.8) is 0 Å². The van der Waals surface area contributed by atoms with Gasteiger partial charge in [-0.15, -0.1) is 11.3 Å². The van der Waals surface area contributed by atoms with Crippen LogP contribution >= 0.6 is 22.9 Å². The maximum absolute atomic E-state index is 12.7. The summed E-state index contributed by atoms with van der Waals surface area (Å²) in [6, 6.07) is 7.19. The Kier molecular flexibility index (Phi) is 4.69. The number of pyridine rings is 1. The van der Waals surface area contributed by atoms with E-state index < -0.39 is 0 Å². The van der Waals surface area contributed by atoms with Crippen molar-refractivity contribution in [2.24, 2.45) is 0 Å². The largest absolute Gasteiger partial charge is 0.308 e. The lowest BCUT2D eigenvalue weighted by Gasteiger charge is -2.12. The third-order valence-corrected chi connectivity index (χ3v) is 3.94. The second-order valence-corrected chi connectivity index (χ2v) is 5.83. The van der Waals surface area contributed by atoms with Crippen LogP contribution in [-0.4, -0.2) is 11.5 Å². The van der Waals surface area contributed by atoms with Crippen molar-refractivity contribution in [2.45, 2.75) is 19.4 Å². The molecule has 0 spiro atoms. The molecular formula is C13H14ClFN2S. The number of aromatic nitrogens is 1. The van der Waals surface area contributed by atoms with Crippen molar-refractivity contribution >= 4 is 22.9 Å². The fourth-order valence-corrected chi connectivity index (χ4v) is 2.73. The molecule has 2 aromatic rings. The van der Waals surface area contributed by atoms with Gasteiger partial charge >= 0.3 is 0 Å². The number of nitrogens with zero attached hydrogens (tertiary/aromatic N) is 1. The molecule has 0 saturated heterocycles. The molecule has 0 radical (unpaired) electrons. The van der Waals surface area contributed by atoms with Crippen LogP contribution in [0.1, 0.15) is 23.5 Å². The van der Waals surface area contributed by atoms with E-state index in [0.717, 1.165) is 23.0 Å². The lowest BCUT2D eigenvalue weighted by atomic mass is 10.2. The van der Waals surface area contributed by atoms with Gasteiger partial charge in [0.2, 0.25) is 0 Å². The number of thiophene rings is 1. The zero-order valence-electron chi connectivity index (χ0n) is 9.99. The minimum absolute atomic E-state index is 0.112. The second kappa shape index (κ2) is 6.27. The Labute approximate surface area is 115 Å². The Morgan fingerprint density at radius 1 is 1.39 bits per heavy atom. The first-order chi connectivity index (χ1) is 8.65. The predicted octanol–water partition coefficient (Wildman–Crippen LogP) is 3.83. The lowest BCUT2D eigenvalue weighted by molar-refractivity contribution is 0.558. The highest BCUT2D eigenvalue weighted by molar-refractivity contribution is 7.16. The molecule has 1 N–H and O–H groups in total. The normalized spacial score (nSPS) is 12.6. The molecule has 96 valence electrons. The summed E-state index contributed by atoms with van der Waals surface area (Å²) in [7, 11) is 0. The average Bonchev–Trinajstić information content (AvgIpc) is 2.76. The van der Waals surface area contributed by atoms with Gasteiger partial charge in [-0.05, 0) is 37.6 Å². The molecule has 18 heavy (non-hydrogen) atoms. The fourth-order valence-electron chi connectivity index (χ4n) is 1.65. The van der Waals surface area contributed by atoms with Crippen LogP contribution in [-0.2, 0) is 6.42 Å². The van der Waals surface area contributed by atoms with Gasteiger partial charge in [-0.1, -0.05) is 11.6 Å². The monoisotopic (exact) mass is 284 g/mol. The van der Waals surface area contributed by atoms with Gasteiger partial charge in [0.05, 0.1) is 16.2 Å². The highest BCUT2D eigenvalue weighted by Gasteiger charge is 2.06. The van der Waals surface area contributed by atoms with Crippen molar-refractivity contribution in [2.75, 3.05) is 6.54 Å². The van der Waals surface area contributed by atoms with Crippen LogP contribution in [0.5, 0.6) is 0 Å². The summed E-state index contributed by atoms with van der Waals surface area (Å²) >= 11 is 7.46. The van der Waals surface area contributed by atoms with Crippen LogP contribution in [0.4, 0.5) is 4.39 Å². The SMILES string of the molecule is CC(NCCc1ccc(Cl)s1)c1ccc(F)cn1. The summed E-state index contributed by atoms with van der Waals surface area (Å²) in [6.07, 6.45) is 2.18. The lowest BCUT2D eigenvalue weighted by Crippen LogP contribution is -2.21. The first-order valence-electron chi connectivity index (χ1n) is 5.74. The Morgan fingerprint density at radius 3 is 2.83 bits per heavy atom. The minimum Gasteiger partial charge on any atom is -0.308 e. The van der Waals surface area contributed by atoms with E-state index in [1.54, 1.807) is 17.4 Å². The molecule has 1 unspecified atom stereocenters. The molecule has 0 saturated carbocycles. The smallest absolute Gasteiger partial charge is 0.141 e. The molecule has 1 atom stereocenters. The molecular weight excluding hydrogens is 271 g/mol. The molecule has 2 aromatic heterocycles. The molecule has 2 nitrogen and oxygen atoms in total. The van der Waals surface area contributed by atoms with Gasteiger partial charge in [0.15, 0.2) is 0 Å². The third-order valence-electron chi connectivity index (χ3n) is 2.64. The summed E-state index contributed by atoms with van der Waals surface area (Å²) in [4.78, 5) is 5.31. The third kappa shape index (κ3) is 3.77. The fraction of sp³-hybridized carbons (Fsp3) is 0.308. The summed E-state index contributed by atoms with van der Waals surface area (Å²) in [5.41, 5.74) is 0.848. The Bertz CT molecular complexity index is 498. The van der Waals surface area contributed by atoms with Crippen molar-refractivity contribution < 1.29 is 4.39 Å². The van der Waals surface area contributed by atoms with Crippen LogP contribution in [0.15, 0.2) is 30.5 Å². The van der Waals surface area contributed by atoms with Crippen LogP contribution in [0, 0.1) is 5.82 Å². The van der Waals surface area contributed by atoms with Crippen LogP contribution in [0.3, 0.4) is 0 Å². The summed E-state index contributed by atoms with van der Waals surface area (Å²) in [5.74, 6) is -0.306. The minimum atomic E-state index is -0.306. The van der Waals surface area contributed by atoms with Gasteiger partial charge in [0, 0.05) is 17.5 Å². The average molecular weight is 285 g/mol. The van der Waals surface area contributed by atoms with Gasteiger partial charge in [-0.25, -0.2) is 4.39 Å². The van der Waals surface area contributed by atoms with Crippen molar-refractivity contribution in [3.05, 3.63) is 51.2 Å². The highest BCUT2D eigenvalue weighted by Crippen LogP contribution is 2.21. The number of hydrogen-bond donors (Lipinski definition) is 1. The first-order valence-corrected chi connectivity index (χ1v) is 6.93. The number of hydrogen-bond acceptors (Lipinski definition) is 3. The van der Waals surface area contributed by atoms with Gasteiger partial charge in [0.25, 0.3) is 0 Å². The first kappa shape index (κ1) is 13.5. The van der Waals surface area contributed by atoms with Gasteiger partial charge < -0.3 is 5.32 Å². The Balaban J connectivity index is 1.81. The highest BCUT2D eigenvalue weighted by atomic mass is 35.5. The van der Waals surface area contributed by atoms with Crippen molar-refractivity contribution in [3.8, 4) is 0 Å². The molecule has 0 amide bonds. The summed E-state index contributed by atoms with van der Waals surface area (Å²) in [6.45, 7) is 2.86. The van der Waals surface area contributed by atoms with E-state index in [-0.39, 0.29) is 11.9 Å². The molecule has 0 fully saturated rings. The van der Waals surface area contributed by atoms with E-state index in [2.05, 4.69) is 10.3 Å². The maximum Gasteiger partial charge on any atom is 0.141 e. The van der Waals surface area contributed by atoms with E-state index in [9.17, 15) is 4.39 Å². The topological polar surface area (TPSA) is 24.9 Å². The summed E-state index contributed by atoms with van der Waals surface area (Å²) in [5, 5.41) is 3.35. The van der Waals surface area contributed by atoms with Gasteiger partial charge in [0.1, 0.15) is 5.82 Å². The van der Waals surface area contributed by atoms with Crippen LogP contribution in [0.25, 0.3) is 0 Å². The van der Waals surface area contributed by atoms with E-state index >= 15 is 0 Å². The second-order valence-electron chi connectivity index (χ2n) is 4.03. The Morgan fingerprint density at radius 2 is 2.22 bits per heavy atom. The summed E-state index contributed by atoms with van der Waals surface area (Å²) < 4.78 is 13.5. The molecule has 2 heterocycles. The van der Waals surface area contributed by atoms with Gasteiger partial charge in [-0.3, -0.25) is 4.98 Å². The molecule has 0 aliphatic carbocycles. The Hall–Kier alpha value is -0.970. The molecule has 0 aliphatic rings. The number of halogens is 2.